The van der Waals surface area contributed by atoms with E-state index >= 15 is 0 Å². The maximum absolute atomic E-state index is 12.2. The summed E-state index contributed by atoms with van der Waals surface area (Å²) in [7, 11) is 3.25. The van der Waals surface area contributed by atoms with Crippen LogP contribution >= 0.6 is 27.7 Å². The first-order valence-corrected chi connectivity index (χ1v) is 10.3. The first-order chi connectivity index (χ1) is 11.5. The molecule has 1 N–H and O–H groups in total. The van der Waals surface area contributed by atoms with Gasteiger partial charge < -0.3 is 14.8 Å². The lowest BCUT2D eigenvalue weighted by atomic mass is 9.86. The number of thioether (sulfide) groups is 1. The van der Waals surface area contributed by atoms with Crippen molar-refractivity contribution in [2.45, 2.75) is 44.4 Å². The zero-order valence-electron chi connectivity index (χ0n) is 14.6. The van der Waals surface area contributed by atoms with Crippen molar-refractivity contribution < 1.29 is 14.3 Å². The van der Waals surface area contributed by atoms with Gasteiger partial charge in [0.15, 0.2) is 11.5 Å². The molecule has 0 heterocycles. The smallest absolute Gasteiger partial charge is 0.230 e. The van der Waals surface area contributed by atoms with Gasteiger partial charge in [-0.3, -0.25) is 4.79 Å². The number of hydrogen-bond donors (Lipinski definition) is 1. The molecule has 0 spiro atoms. The first kappa shape index (κ1) is 19.4. The molecule has 1 amide bonds. The van der Waals surface area contributed by atoms with E-state index in [1.54, 1.807) is 26.0 Å². The maximum atomic E-state index is 12.2. The maximum Gasteiger partial charge on any atom is 0.230 e. The van der Waals surface area contributed by atoms with Crippen LogP contribution in [0.2, 0.25) is 0 Å². The highest BCUT2D eigenvalue weighted by Gasteiger charge is 2.22. The Bertz CT molecular complexity index is 567. The van der Waals surface area contributed by atoms with Gasteiger partial charge in [-0.1, -0.05) is 35.7 Å². The van der Waals surface area contributed by atoms with Gasteiger partial charge in [-0.05, 0) is 36.5 Å². The predicted octanol–water partition coefficient (Wildman–Crippen LogP) is 4.39. The zero-order valence-corrected chi connectivity index (χ0v) is 17.0. The van der Waals surface area contributed by atoms with Crippen LogP contribution < -0.4 is 14.8 Å². The second-order valence-electron chi connectivity index (χ2n) is 6.23. The van der Waals surface area contributed by atoms with E-state index in [1.807, 2.05) is 12.1 Å². The molecule has 0 bridgehead atoms. The summed E-state index contributed by atoms with van der Waals surface area (Å²) in [4.78, 5) is 12.2. The number of carbonyl (C=O) groups excluding carboxylic acids is 1. The monoisotopic (exact) mass is 415 g/mol. The molecule has 0 saturated heterocycles. The van der Waals surface area contributed by atoms with Gasteiger partial charge in [-0.25, -0.2) is 0 Å². The summed E-state index contributed by atoms with van der Waals surface area (Å²) in [5, 5.41) is 3.19. The van der Waals surface area contributed by atoms with E-state index in [1.165, 1.54) is 19.3 Å². The van der Waals surface area contributed by atoms with Crippen LogP contribution in [-0.4, -0.2) is 31.9 Å². The number of nitrogens with one attached hydrogen (secondary N) is 1. The first-order valence-electron chi connectivity index (χ1n) is 8.32. The Labute approximate surface area is 157 Å². The highest BCUT2D eigenvalue weighted by Crippen LogP contribution is 2.34. The summed E-state index contributed by atoms with van der Waals surface area (Å²) < 4.78 is 11.6. The molecule has 0 aliphatic heterocycles. The van der Waals surface area contributed by atoms with E-state index in [2.05, 4.69) is 28.2 Å². The van der Waals surface area contributed by atoms with Gasteiger partial charge in [-0.15, -0.1) is 11.8 Å². The summed E-state index contributed by atoms with van der Waals surface area (Å²) in [6.45, 7) is 2.23. The molecular weight excluding hydrogens is 390 g/mol. The average Bonchev–Trinajstić information content (AvgIpc) is 2.58. The second-order valence-corrected chi connectivity index (χ2v) is 8.07. The highest BCUT2D eigenvalue weighted by atomic mass is 79.9. The summed E-state index contributed by atoms with van der Waals surface area (Å²) in [6, 6.07) is 4.20. The topological polar surface area (TPSA) is 47.6 Å². The van der Waals surface area contributed by atoms with Crippen molar-refractivity contribution >= 4 is 33.6 Å². The third-order valence-corrected chi connectivity index (χ3v) is 6.22. The number of carbonyl (C=O) groups is 1. The van der Waals surface area contributed by atoms with Crippen molar-refractivity contribution in [2.75, 3.05) is 20.0 Å². The third kappa shape index (κ3) is 5.31. The molecule has 1 aromatic carbocycles. The lowest BCUT2D eigenvalue weighted by molar-refractivity contribution is -0.119. The van der Waals surface area contributed by atoms with Crippen molar-refractivity contribution in [3.8, 4) is 11.5 Å². The van der Waals surface area contributed by atoms with E-state index < -0.39 is 0 Å². The van der Waals surface area contributed by atoms with Crippen LogP contribution in [0.1, 0.15) is 38.2 Å². The van der Waals surface area contributed by atoms with E-state index in [4.69, 9.17) is 9.47 Å². The van der Waals surface area contributed by atoms with Crippen LogP contribution in [-0.2, 0) is 10.5 Å². The average molecular weight is 416 g/mol. The summed E-state index contributed by atoms with van der Waals surface area (Å²) in [5.74, 6) is 3.35. The Morgan fingerprint density at radius 2 is 1.92 bits per heavy atom. The molecule has 2 atom stereocenters. The van der Waals surface area contributed by atoms with Gasteiger partial charge in [0.2, 0.25) is 5.91 Å². The minimum absolute atomic E-state index is 0.135. The van der Waals surface area contributed by atoms with E-state index in [-0.39, 0.29) is 5.91 Å². The standard InChI is InChI=1S/C18H26BrNO3S/c1-12-6-4-5-7-15(12)20-18(21)11-24-10-13-8-16(22-2)17(23-3)9-14(13)19/h8-9,12,15H,4-7,10-11H2,1-3H3,(H,20,21)/t12-,15+/m0/s1. The van der Waals surface area contributed by atoms with Crippen molar-refractivity contribution in [3.63, 3.8) is 0 Å². The molecule has 4 nitrogen and oxygen atoms in total. The molecule has 1 saturated carbocycles. The number of ether oxygens (including phenoxy) is 2. The molecule has 2 rings (SSSR count). The fourth-order valence-corrected chi connectivity index (χ4v) is 4.52. The van der Waals surface area contributed by atoms with Crippen molar-refractivity contribution in [3.05, 3.63) is 22.2 Å². The van der Waals surface area contributed by atoms with Crippen LogP contribution in [0.4, 0.5) is 0 Å². The largest absolute Gasteiger partial charge is 0.493 e. The number of rotatable bonds is 7. The SMILES string of the molecule is COc1cc(Br)c(CSCC(=O)N[C@@H]2CCCC[C@@H]2C)cc1OC. The molecule has 1 aromatic rings. The Morgan fingerprint density at radius 1 is 1.25 bits per heavy atom. The fourth-order valence-electron chi connectivity index (χ4n) is 3.04. The number of amides is 1. The minimum Gasteiger partial charge on any atom is -0.493 e. The Hall–Kier alpha value is -0.880. The lowest BCUT2D eigenvalue weighted by Crippen LogP contribution is -2.41. The minimum atomic E-state index is 0.135. The quantitative estimate of drug-likeness (QED) is 0.716. The summed E-state index contributed by atoms with van der Waals surface area (Å²) >= 11 is 5.17. The van der Waals surface area contributed by atoms with E-state index in [0.29, 0.717) is 29.2 Å². The van der Waals surface area contributed by atoms with Crippen LogP contribution in [0.15, 0.2) is 16.6 Å². The third-order valence-electron chi connectivity index (χ3n) is 4.50. The number of hydrogen-bond acceptors (Lipinski definition) is 4. The molecule has 6 heteroatoms. The van der Waals surface area contributed by atoms with Crippen LogP contribution in [0.25, 0.3) is 0 Å². The van der Waals surface area contributed by atoms with Gasteiger partial charge in [0.05, 0.1) is 20.0 Å². The van der Waals surface area contributed by atoms with Crippen LogP contribution in [0.5, 0.6) is 11.5 Å². The van der Waals surface area contributed by atoms with E-state index in [9.17, 15) is 4.79 Å². The van der Waals surface area contributed by atoms with Gasteiger partial charge in [-0.2, -0.15) is 0 Å². The van der Waals surface area contributed by atoms with Gasteiger partial charge in [0.25, 0.3) is 0 Å². The fraction of sp³-hybridized carbons (Fsp3) is 0.611. The molecule has 1 fully saturated rings. The second kappa shape index (κ2) is 9.56. The van der Waals surface area contributed by atoms with Crippen LogP contribution in [0, 0.1) is 5.92 Å². The lowest BCUT2D eigenvalue weighted by Gasteiger charge is -2.29. The van der Waals surface area contributed by atoms with Gasteiger partial charge in [0.1, 0.15) is 0 Å². The molecule has 1 aliphatic rings. The van der Waals surface area contributed by atoms with Crippen molar-refractivity contribution in [2.24, 2.45) is 5.92 Å². The molecule has 134 valence electrons. The highest BCUT2D eigenvalue weighted by molar-refractivity contribution is 9.10. The molecular formula is C18H26BrNO3S. The Morgan fingerprint density at radius 3 is 2.58 bits per heavy atom. The molecule has 0 unspecified atom stereocenters. The summed E-state index contributed by atoms with van der Waals surface area (Å²) in [6.07, 6.45) is 4.84. The molecule has 0 aromatic heterocycles. The van der Waals surface area contributed by atoms with E-state index in [0.717, 1.165) is 22.2 Å². The number of halogens is 1. The Kier molecular flexibility index (Phi) is 7.75. The van der Waals surface area contributed by atoms with Gasteiger partial charge in [0, 0.05) is 16.3 Å². The molecule has 0 radical (unpaired) electrons. The predicted molar refractivity (Wildman–Crippen MR) is 103 cm³/mol. The number of methoxy groups -OCH3 is 2. The van der Waals surface area contributed by atoms with Crippen molar-refractivity contribution in [1.82, 2.24) is 5.32 Å². The molecule has 1 aliphatic carbocycles. The Balaban J connectivity index is 1.84. The van der Waals surface area contributed by atoms with Crippen molar-refractivity contribution in [1.29, 1.82) is 0 Å². The van der Waals surface area contributed by atoms with Crippen LogP contribution in [0.3, 0.4) is 0 Å². The summed E-state index contributed by atoms with van der Waals surface area (Å²) in [5.41, 5.74) is 1.09. The number of benzene rings is 1. The zero-order chi connectivity index (χ0) is 17.5. The normalized spacial score (nSPS) is 20.5. The van der Waals surface area contributed by atoms with Gasteiger partial charge >= 0.3 is 0 Å². The molecule has 24 heavy (non-hydrogen) atoms.